The number of carbonyl (C=O) groups is 2. The molecule has 0 aliphatic carbocycles. The zero-order valence-electron chi connectivity index (χ0n) is 22.9. The van der Waals surface area contributed by atoms with E-state index in [1.54, 1.807) is 0 Å². The Morgan fingerprint density at radius 3 is 2.36 bits per heavy atom. The largest absolute Gasteiger partial charge is 0.372 e. The third kappa shape index (κ3) is 4.58. The van der Waals surface area contributed by atoms with Gasteiger partial charge >= 0.3 is 0 Å². The third-order valence-corrected chi connectivity index (χ3v) is 8.16. The average molecular weight is 521 g/mol. The van der Waals surface area contributed by atoms with Crippen molar-refractivity contribution in [1.82, 2.24) is 9.47 Å². The van der Waals surface area contributed by atoms with E-state index in [4.69, 9.17) is 0 Å². The fraction of sp³-hybridized carbons (Fsp3) is 0.333. The van der Waals surface area contributed by atoms with Crippen molar-refractivity contribution in [2.45, 2.75) is 45.2 Å². The molecule has 1 fully saturated rings. The minimum atomic E-state index is -0.618. The lowest BCUT2D eigenvalue weighted by molar-refractivity contribution is -0.121. The first-order valence-electron chi connectivity index (χ1n) is 14.0. The number of rotatable bonds is 7. The highest BCUT2D eigenvalue weighted by Gasteiger charge is 2.45. The maximum absolute atomic E-state index is 14.0. The Labute approximate surface area is 230 Å². The Kier molecular flexibility index (Phi) is 6.63. The van der Waals surface area contributed by atoms with Crippen LogP contribution < -0.4 is 10.2 Å². The predicted octanol–water partition coefficient (Wildman–Crippen LogP) is 6.38. The number of hydrogen-bond acceptors (Lipinski definition) is 3. The topological polar surface area (TPSA) is 57.6 Å². The molecule has 4 aromatic rings. The van der Waals surface area contributed by atoms with Crippen molar-refractivity contribution in [2.75, 3.05) is 23.3 Å². The Morgan fingerprint density at radius 1 is 0.923 bits per heavy atom. The summed E-state index contributed by atoms with van der Waals surface area (Å²) in [5.74, 6) is -0.0132. The number of para-hydroxylation sites is 1. The Morgan fingerprint density at radius 2 is 1.62 bits per heavy atom. The molecule has 0 spiro atoms. The van der Waals surface area contributed by atoms with Gasteiger partial charge in [0, 0.05) is 59.7 Å². The van der Waals surface area contributed by atoms with Gasteiger partial charge in [-0.3, -0.25) is 9.59 Å². The fourth-order valence-electron chi connectivity index (χ4n) is 6.32. The number of aromatic nitrogens is 1. The number of amides is 2. The van der Waals surface area contributed by atoms with Crippen LogP contribution >= 0.6 is 0 Å². The Hall–Kier alpha value is -4.06. The van der Waals surface area contributed by atoms with Gasteiger partial charge in [-0.2, -0.15) is 0 Å². The smallest absolute Gasteiger partial charge is 0.255 e. The van der Waals surface area contributed by atoms with E-state index in [2.05, 4.69) is 59.1 Å². The van der Waals surface area contributed by atoms with Crippen LogP contribution in [0.3, 0.4) is 0 Å². The molecule has 0 radical (unpaired) electrons. The second-order valence-corrected chi connectivity index (χ2v) is 11.3. The maximum atomic E-state index is 14.0. The average Bonchev–Trinajstić information content (AvgIpc) is 3.66. The second kappa shape index (κ2) is 10.3. The van der Waals surface area contributed by atoms with Gasteiger partial charge in [0.1, 0.15) is 6.04 Å². The minimum Gasteiger partial charge on any atom is -0.372 e. The van der Waals surface area contributed by atoms with E-state index in [-0.39, 0.29) is 23.8 Å². The zero-order chi connectivity index (χ0) is 27.1. The van der Waals surface area contributed by atoms with E-state index in [0.29, 0.717) is 12.0 Å². The highest BCUT2D eigenvalue weighted by molar-refractivity contribution is 6.05. The quantitative estimate of drug-likeness (QED) is 0.308. The van der Waals surface area contributed by atoms with Crippen LogP contribution in [-0.2, 0) is 11.8 Å². The molecule has 2 aliphatic heterocycles. The van der Waals surface area contributed by atoms with Crippen molar-refractivity contribution in [1.29, 1.82) is 0 Å². The number of anilines is 2. The van der Waals surface area contributed by atoms with Crippen molar-refractivity contribution in [3.05, 3.63) is 95.7 Å². The number of carbonyl (C=O) groups excluding carboxylic acids is 2. The lowest BCUT2D eigenvalue weighted by Gasteiger charge is -2.34. The van der Waals surface area contributed by atoms with Gasteiger partial charge in [0.25, 0.3) is 5.91 Å². The highest BCUT2D eigenvalue weighted by Crippen LogP contribution is 2.43. The molecule has 2 aliphatic rings. The van der Waals surface area contributed by atoms with Gasteiger partial charge < -0.3 is 19.7 Å². The summed E-state index contributed by atoms with van der Waals surface area (Å²) in [7, 11) is 2.03. The van der Waals surface area contributed by atoms with Gasteiger partial charge in [-0.1, -0.05) is 50.2 Å². The molecule has 1 N–H and O–H groups in total. The van der Waals surface area contributed by atoms with Crippen molar-refractivity contribution < 1.29 is 9.59 Å². The normalized spacial score (nSPS) is 17.7. The Balaban J connectivity index is 1.37. The van der Waals surface area contributed by atoms with Crippen LogP contribution in [0, 0.1) is 5.92 Å². The molecule has 3 aromatic carbocycles. The number of hydrogen-bond donors (Lipinski definition) is 1. The van der Waals surface area contributed by atoms with E-state index in [0.717, 1.165) is 40.8 Å². The van der Waals surface area contributed by atoms with E-state index in [1.807, 2.05) is 60.5 Å². The first-order chi connectivity index (χ1) is 18.9. The summed E-state index contributed by atoms with van der Waals surface area (Å²) < 4.78 is 2.10. The van der Waals surface area contributed by atoms with E-state index in [1.165, 1.54) is 18.5 Å². The molecule has 39 heavy (non-hydrogen) atoms. The highest BCUT2D eigenvalue weighted by atomic mass is 16.2. The lowest BCUT2D eigenvalue weighted by atomic mass is 9.95. The van der Waals surface area contributed by atoms with Gasteiger partial charge in [-0.15, -0.1) is 0 Å². The molecule has 0 saturated carbocycles. The molecular formula is C33H36N4O2. The lowest BCUT2D eigenvalue weighted by Crippen LogP contribution is -2.47. The van der Waals surface area contributed by atoms with Gasteiger partial charge in [-0.05, 0) is 67.1 Å². The summed E-state index contributed by atoms with van der Waals surface area (Å²) in [6.07, 6.45) is 5.12. The summed E-state index contributed by atoms with van der Waals surface area (Å²) in [5, 5.41) is 4.25. The summed E-state index contributed by atoms with van der Waals surface area (Å²) in [6, 6.07) is 23.2. The van der Waals surface area contributed by atoms with Gasteiger partial charge in [0.05, 0.1) is 6.04 Å². The molecule has 2 unspecified atom stereocenters. The molecule has 6 heteroatoms. The molecule has 1 saturated heterocycles. The van der Waals surface area contributed by atoms with Gasteiger partial charge in [-0.25, -0.2) is 0 Å². The molecule has 6 nitrogen and oxygen atoms in total. The van der Waals surface area contributed by atoms with Crippen LogP contribution in [0.15, 0.2) is 79.0 Å². The number of aryl methyl sites for hydroxylation is 1. The third-order valence-electron chi connectivity index (χ3n) is 8.16. The van der Waals surface area contributed by atoms with Crippen LogP contribution in [0.1, 0.15) is 60.6 Å². The van der Waals surface area contributed by atoms with Gasteiger partial charge in [0.15, 0.2) is 0 Å². The molecule has 0 bridgehead atoms. The fourth-order valence-corrected chi connectivity index (χ4v) is 6.32. The Bertz CT molecular complexity index is 1510. The molecule has 200 valence electrons. The molecular weight excluding hydrogens is 484 g/mol. The minimum absolute atomic E-state index is 0.0892. The first-order valence-corrected chi connectivity index (χ1v) is 14.0. The zero-order valence-corrected chi connectivity index (χ0v) is 22.9. The van der Waals surface area contributed by atoms with Crippen molar-refractivity contribution in [2.24, 2.45) is 13.0 Å². The van der Waals surface area contributed by atoms with E-state index < -0.39 is 6.04 Å². The summed E-state index contributed by atoms with van der Waals surface area (Å²) in [6.45, 7) is 6.36. The van der Waals surface area contributed by atoms with Crippen LogP contribution in [0.4, 0.5) is 11.4 Å². The molecule has 2 atom stereocenters. The summed E-state index contributed by atoms with van der Waals surface area (Å²) in [5.41, 5.74) is 5.71. The van der Waals surface area contributed by atoms with Crippen molar-refractivity contribution >= 4 is 34.1 Å². The molecule has 2 amide bonds. The second-order valence-electron chi connectivity index (χ2n) is 11.3. The van der Waals surface area contributed by atoms with Crippen molar-refractivity contribution in [3.8, 4) is 0 Å². The summed E-state index contributed by atoms with van der Waals surface area (Å²) in [4.78, 5) is 32.2. The molecule has 6 rings (SSSR count). The standard InChI is InChI=1S/C33H36N4O2/c1-22(2)20-30(32(38)34-23-14-16-24(17-15-23)36-18-8-9-19-36)37-31(26-11-4-5-12-27(26)33(37)39)28-21-35(3)29-13-7-6-10-25(28)29/h4-7,10-17,21-22,30-31H,8-9,18-20H2,1-3H3,(H,34,38). The molecule has 3 heterocycles. The maximum Gasteiger partial charge on any atom is 0.255 e. The monoisotopic (exact) mass is 520 g/mol. The summed E-state index contributed by atoms with van der Waals surface area (Å²) >= 11 is 0. The van der Waals surface area contributed by atoms with Crippen LogP contribution in [0.5, 0.6) is 0 Å². The van der Waals surface area contributed by atoms with Crippen LogP contribution in [0.2, 0.25) is 0 Å². The SMILES string of the molecule is CC(C)CC(C(=O)Nc1ccc(N2CCCC2)cc1)N1C(=O)c2ccccc2C1c1cn(C)c2ccccc12. The number of nitrogens with one attached hydrogen (secondary N) is 1. The molecule has 1 aromatic heterocycles. The van der Waals surface area contributed by atoms with E-state index >= 15 is 0 Å². The predicted molar refractivity (Wildman–Crippen MR) is 157 cm³/mol. The number of fused-ring (bicyclic) bond motifs is 2. The van der Waals surface area contributed by atoms with Crippen LogP contribution in [0.25, 0.3) is 10.9 Å². The van der Waals surface area contributed by atoms with Gasteiger partial charge in [0.2, 0.25) is 5.91 Å². The first kappa shape index (κ1) is 25.2. The number of nitrogens with zero attached hydrogens (tertiary/aromatic N) is 3. The van der Waals surface area contributed by atoms with E-state index in [9.17, 15) is 9.59 Å². The van der Waals surface area contributed by atoms with Crippen molar-refractivity contribution in [3.63, 3.8) is 0 Å². The van der Waals surface area contributed by atoms with Crippen LogP contribution in [-0.4, -0.2) is 40.4 Å². The number of benzene rings is 3.